The molecule has 0 radical (unpaired) electrons. The van der Waals surface area contributed by atoms with Gasteiger partial charge in [0.1, 0.15) is 5.15 Å². The Morgan fingerprint density at radius 1 is 1.62 bits per heavy atom. The highest BCUT2D eigenvalue weighted by Crippen LogP contribution is 2.37. The molecule has 0 aliphatic heterocycles. The second kappa shape index (κ2) is 3.64. The molecule has 1 fully saturated rings. The van der Waals surface area contributed by atoms with E-state index in [0.29, 0.717) is 5.15 Å². The highest BCUT2D eigenvalue weighted by Gasteiger charge is 2.25. The number of nitrogens with zero attached hydrogens (tertiary/aromatic N) is 1. The number of aliphatic hydroxyl groups is 1. The fraction of sp³-hybridized carbons (Fsp3) is 0.500. The van der Waals surface area contributed by atoms with E-state index in [4.69, 9.17) is 11.6 Å². The maximum atomic E-state index is 9.77. The Kier molecular flexibility index (Phi) is 2.51. The zero-order valence-corrected chi connectivity index (χ0v) is 8.04. The molecule has 3 heteroatoms. The smallest absolute Gasteiger partial charge is 0.129 e. The average Bonchev–Trinajstić information content (AvgIpc) is 2.88. The van der Waals surface area contributed by atoms with Crippen LogP contribution in [0.2, 0.25) is 5.15 Å². The van der Waals surface area contributed by atoms with Crippen molar-refractivity contribution in [3.63, 3.8) is 0 Å². The van der Waals surface area contributed by atoms with E-state index in [9.17, 15) is 5.11 Å². The van der Waals surface area contributed by atoms with Crippen LogP contribution in [0.15, 0.2) is 18.3 Å². The summed E-state index contributed by atoms with van der Waals surface area (Å²) in [7, 11) is 0. The van der Waals surface area contributed by atoms with Crippen LogP contribution >= 0.6 is 11.6 Å². The zero-order valence-electron chi connectivity index (χ0n) is 7.28. The fourth-order valence-electron chi connectivity index (χ4n) is 1.43. The maximum absolute atomic E-state index is 9.77. The van der Waals surface area contributed by atoms with E-state index >= 15 is 0 Å². The van der Waals surface area contributed by atoms with Gasteiger partial charge in [-0.2, -0.15) is 0 Å². The Morgan fingerprint density at radius 2 is 2.38 bits per heavy atom. The summed E-state index contributed by atoms with van der Waals surface area (Å²) >= 11 is 5.72. The van der Waals surface area contributed by atoms with Crippen molar-refractivity contribution < 1.29 is 5.11 Å². The summed E-state index contributed by atoms with van der Waals surface area (Å²) in [6.07, 6.45) is 4.65. The monoisotopic (exact) mass is 197 g/mol. The topological polar surface area (TPSA) is 33.1 Å². The number of hydrogen-bond acceptors (Lipinski definition) is 2. The number of rotatable bonds is 3. The Balaban J connectivity index is 2.04. The van der Waals surface area contributed by atoms with Crippen molar-refractivity contribution in [2.75, 3.05) is 0 Å². The van der Waals surface area contributed by atoms with E-state index in [-0.39, 0.29) is 6.10 Å². The van der Waals surface area contributed by atoms with Gasteiger partial charge in [0.05, 0.1) is 6.10 Å². The van der Waals surface area contributed by atoms with Gasteiger partial charge < -0.3 is 5.11 Å². The third kappa shape index (κ3) is 2.42. The van der Waals surface area contributed by atoms with Crippen LogP contribution in [0.5, 0.6) is 0 Å². The molecule has 0 spiro atoms. The quantitative estimate of drug-likeness (QED) is 0.756. The van der Waals surface area contributed by atoms with Gasteiger partial charge in [-0.1, -0.05) is 24.4 Å². The van der Waals surface area contributed by atoms with Crippen molar-refractivity contribution >= 4 is 11.6 Å². The number of pyridine rings is 1. The van der Waals surface area contributed by atoms with Gasteiger partial charge >= 0.3 is 0 Å². The third-order valence-corrected chi connectivity index (χ3v) is 2.60. The molecule has 1 saturated carbocycles. The molecule has 70 valence electrons. The van der Waals surface area contributed by atoms with Crippen molar-refractivity contribution in [3.8, 4) is 0 Å². The number of halogens is 1. The minimum Gasteiger partial charge on any atom is -0.388 e. The molecule has 1 heterocycles. The molecule has 1 aliphatic carbocycles. The highest BCUT2D eigenvalue weighted by molar-refractivity contribution is 6.29. The maximum Gasteiger partial charge on any atom is 0.129 e. The molecular formula is C10H12ClNO. The van der Waals surface area contributed by atoms with Crippen LogP contribution in [-0.2, 0) is 0 Å². The molecule has 1 aromatic heterocycles. The Bertz CT molecular complexity index is 299. The van der Waals surface area contributed by atoms with Crippen LogP contribution in [-0.4, -0.2) is 10.1 Å². The average molecular weight is 198 g/mol. The molecule has 1 aliphatic rings. The largest absolute Gasteiger partial charge is 0.388 e. The molecule has 1 aromatic rings. The van der Waals surface area contributed by atoms with Gasteiger partial charge in [0.25, 0.3) is 0 Å². The van der Waals surface area contributed by atoms with Gasteiger partial charge in [0, 0.05) is 6.20 Å². The molecule has 0 bridgehead atoms. The van der Waals surface area contributed by atoms with E-state index in [2.05, 4.69) is 4.98 Å². The predicted molar refractivity (Wildman–Crippen MR) is 51.5 cm³/mol. The molecule has 2 nitrogen and oxygen atoms in total. The van der Waals surface area contributed by atoms with E-state index in [1.165, 1.54) is 12.8 Å². The molecular weight excluding hydrogens is 186 g/mol. The summed E-state index contributed by atoms with van der Waals surface area (Å²) in [5.41, 5.74) is 0.881. The summed E-state index contributed by atoms with van der Waals surface area (Å²) < 4.78 is 0. The first kappa shape index (κ1) is 8.97. The minimum absolute atomic E-state index is 0.368. The lowest BCUT2D eigenvalue weighted by Crippen LogP contribution is -1.98. The molecule has 13 heavy (non-hydrogen) atoms. The van der Waals surface area contributed by atoms with Crippen molar-refractivity contribution in [2.45, 2.75) is 25.4 Å². The lowest BCUT2D eigenvalue weighted by molar-refractivity contribution is 0.160. The van der Waals surface area contributed by atoms with Gasteiger partial charge in [0.15, 0.2) is 0 Å². The van der Waals surface area contributed by atoms with Crippen molar-refractivity contribution in [2.24, 2.45) is 5.92 Å². The third-order valence-electron chi connectivity index (χ3n) is 2.39. The summed E-state index contributed by atoms with van der Waals surface area (Å²) in [4.78, 5) is 3.87. The van der Waals surface area contributed by atoms with Gasteiger partial charge in [-0.15, -0.1) is 0 Å². The van der Waals surface area contributed by atoms with Gasteiger partial charge in [-0.25, -0.2) is 4.98 Å². The Hall–Kier alpha value is -0.600. The van der Waals surface area contributed by atoms with E-state index < -0.39 is 0 Å². The van der Waals surface area contributed by atoms with Crippen LogP contribution in [0.3, 0.4) is 0 Å². The number of aromatic nitrogens is 1. The van der Waals surface area contributed by atoms with E-state index in [1.807, 2.05) is 6.07 Å². The standard InChI is InChI=1S/C10H12ClNO/c11-10-6-8(3-4-12-10)9(13)5-7-1-2-7/h3-4,6-7,9,13H,1-2,5H2/t9-/m1/s1. The van der Waals surface area contributed by atoms with Crippen molar-refractivity contribution in [3.05, 3.63) is 29.0 Å². The van der Waals surface area contributed by atoms with E-state index in [0.717, 1.165) is 17.9 Å². The summed E-state index contributed by atoms with van der Waals surface area (Å²) in [5.74, 6) is 0.724. The lowest BCUT2D eigenvalue weighted by Gasteiger charge is -2.09. The molecule has 0 aromatic carbocycles. The SMILES string of the molecule is O[C@H](CC1CC1)c1ccnc(Cl)c1. The van der Waals surface area contributed by atoms with Crippen LogP contribution in [0.4, 0.5) is 0 Å². The summed E-state index contributed by atoms with van der Waals surface area (Å²) in [6.45, 7) is 0. The minimum atomic E-state index is -0.368. The normalized spacial score (nSPS) is 18.6. The second-order valence-corrected chi connectivity index (χ2v) is 3.99. The van der Waals surface area contributed by atoms with Crippen LogP contribution in [0.25, 0.3) is 0 Å². The predicted octanol–water partition coefficient (Wildman–Crippen LogP) is 2.57. The Morgan fingerprint density at radius 3 is 3.00 bits per heavy atom. The first-order valence-electron chi connectivity index (χ1n) is 4.55. The highest BCUT2D eigenvalue weighted by atomic mass is 35.5. The molecule has 0 amide bonds. The number of aliphatic hydroxyl groups excluding tert-OH is 1. The first-order valence-corrected chi connectivity index (χ1v) is 4.93. The van der Waals surface area contributed by atoms with Crippen LogP contribution in [0, 0.1) is 5.92 Å². The first-order chi connectivity index (χ1) is 6.25. The molecule has 1 atom stereocenters. The van der Waals surface area contributed by atoms with E-state index in [1.54, 1.807) is 12.3 Å². The second-order valence-electron chi connectivity index (χ2n) is 3.61. The van der Waals surface area contributed by atoms with Crippen molar-refractivity contribution in [1.82, 2.24) is 4.98 Å². The summed E-state index contributed by atoms with van der Waals surface area (Å²) in [5, 5.41) is 10.2. The van der Waals surface area contributed by atoms with Gasteiger partial charge in [0.2, 0.25) is 0 Å². The Labute approximate surface area is 82.6 Å². The van der Waals surface area contributed by atoms with Crippen LogP contribution < -0.4 is 0 Å². The zero-order chi connectivity index (χ0) is 9.26. The molecule has 2 rings (SSSR count). The summed E-state index contributed by atoms with van der Waals surface area (Å²) in [6, 6.07) is 3.55. The van der Waals surface area contributed by atoms with Crippen LogP contribution in [0.1, 0.15) is 30.9 Å². The fourth-order valence-corrected chi connectivity index (χ4v) is 1.61. The molecule has 0 unspecified atom stereocenters. The molecule has 1 N–H and O–H groups in total. The number of hydrogen-bond donors (Lipinski definition) is 1. The lowest BCUT2D eigenvalue weighted by atomic mass is 10.1. The van der Waals surface area contributed by atoms with Crippen molar-refractivity contribution in [1.29, 1.82) is 0 Å². The van der Waals surface area contributed by atoms with Gasteiger partial charge in [-0.05, 0) is 30.0 Å². The van der Waals surface area contributed by atoms with Gasteiger partial charge in [-0.3, -0.25) is 0 Å². The molecule has 0 saturated heterocycles.